The lowest BCUT2D eigenvalue weighted by atomic mass is 9.97. The molecule has 2 fully saturated rings. The zero-order chi connectivity index (χ0) is 17.1. The van der Waals surface area contributed by atoms with E-state index in [0.29, 0.717) is 19.0 Å². The van der Waals surface area contributed by atoms with Gasteiger partial charge in [-0.1, -0.05) is 18.2 Å². The van der Waals surface area contributed by atoms with E-state index < -0.39 is 0 Å². The number of amides is 2. The summed E-state index contributed by atoms with van der Waals surface area (Å²) in [4.78, 5) is 25.8. The van der Waals surface area contributed by atoms with E-state index in [1.807, 2.05) is 18.2 Å². The van der Waals surface area contributed by atoms with Crippen molar-refractivity contribution < 1.29 is 19.1 Å². The summed E-state index contributed by atoms with van der Waals surface area (Å²) in [7, 11) is 3.03. The maximum atomic E-state index is 12.5. The Morgan fingerprint density at radius 1 is 1.25 bits per heavy atom. The quantitative estimate of drug-likeness (QED) is 0.917. The van der Waals surface area contributed by atoms with E-state index >= 15 is 0 Å². The number of hydrogen-bond acceptors (Lipinski definition) is 4. The van der Waals surface area contributed by atoms with Crippen LogP contribution in [0.4, 0.5) is 4.79 Å². The Hall–Kier alpha value is -2.24. The SMILES string of the molecule is COC(=O)N1CCC[C@H](C(=O)N[C@H]2C[C@@H]2c2ccccc2OC)C1. The minimum Gasteiger partial charge on any atom is -0.496 e. The smallest absolute Gasteiger partial charge is 0.409 e. The molecule has 2 amide bonds. The molecule has 24 heavy (non-hydrogen) atoms. The van der Waals surface area contributed by atoms with Gasteiger partial charge in [-0.2, -0.15) is 0 Å². The summed E-state index contributed by atoms with van der Waals surface area (Å²) >= 11 is 0. The van der Waals surface area contributed by atoms with E-state index in [0.717, 1.165) is 30.6 Å². The van der Waals surface area contributed by atoms with E-state index in [4.69, 9.17) is 9.47 Å². The van der Waals surface area contributed by atoms with Gasteiger partial charge in [-0.25, -0.2) is 4.79 Å². The molecule has 1 aromatic rings. The van der Waals surface area contributed by atoms with Crippen molar-refractivity contribution in [2.45, 2.75) is 31.2 Å². The van der Waals surface area contributed by atoms with Crippen LogP contribution in [-0.2, 0) is 9.53 Å². The molecule has 3 rings (SSSR count). The maximum absolute atomic E-state index is 12.5. The number of piperidine rings is 1. The number of para-hydroxylation sites is 1. The number of likely N-dealkylation sites (tertiary alicyclic amines) is 1. The Kier molecular flexibility index (Phi) is 4.92. The monoisotopic (exact) mass is 332 g/mol. The predicted molar refractivity (Wildman–Crippen MR) is 89.0 cm³/mol. The largest absolute Gasteiger partial charge is 0.496 e. The van der Waals surface area contributed by atoms with Crippen molar-refractivity contribution in [3.05, 3.63) is 29.8 Å². The van der Waals surface area contributed by atoms with E-state index in [9.17, 15) is 9.59 Å². The molecule has 1 saturated heterocycles. The van der Waals surface area contributed by atoms with Crippen molar-refractivity contribution in [1.82, 2.24) is 10.2 Å². The van der Waals surface area contributed by atoms with E-state index in [-0.39, 0.29) is 24.0 Å². The molecule has 0 radical (unpaired) electrons. The molecule has 6 heteroatoms. The van der Waals surface area contributed by atoms with E-state index in [1.165, 1.54) is 7.11 Å². The van der Waals surface area contributed by atoms with Crippen LogP contribution in [0.1, 0.15) is 30.7 Å². The van der Waals surface area contributed by atoms with Crippen LogP contribution in [0.5, 0.6) is 5.75 Å². The molecule has 1 aliphatic carbocycles. The fraction of sp³-hybridized carbons (Fsp3) is 0.556. The van der Waals surface area contributed by atoms with Crippen molar-refractivity contribution in [1.29, 1.82) is 0 Å². The average Bonchev–Trinajstić information content (AvgIpc) is 3.39. The van der Waals surface area contributed by atoms with Crippen LogP contribution in [0.25, 0.3) is 0 Å². The van der Waals surface area contributed by atoms with Crippen molar-refractivity contribution in [2.75, 3.05) is 27.3 Å². The number of nitrogens with one attached hydrogen (secondary N) is 1. The van der Waals surface area contributed by atoms with Gasteiger partial charge in [0.2, 0.25) is 5.91 Å². The van der Waals surface area contributed by atoms with Crippen molar-refractivity contribution in [2.24, 2.45) is 5.92 Å². The lowest BCUT2D eigenvalue weighted by molar-refractivity contribution is -0.126. The highest BCUT2D eigenvalue weighted by Gasteiger charge is 2.42. The normalized spacial score (nSPS) is 25.8. The molecule has 0 spiro atoms. The second kappa shape index (κ2) is 7.11. The van der Waals surface area contributed by atoms with Gasteiger partial charge >= 0.3 is 6.09 Å². The Labute approximate surface area is 142 Å². The standard InChI is InChI=1S/C18H24N2O4/c1-23-16-8-4-3-7-13(16)14-10-15(14)19-17(21)12-6-5-9-20(11-12)18(22)24-2/h3-4,7-8,12,14-15H,5-6,9-11H2,1-2H3,(H,19,21)/t12-,14+,15-/m0/s1. The zero-order valence-corrected chi connectivity index (χ0v) is 14.2. The van der Waals surface area contributed by atoms with Crippen LogP contribution in [0.3, 0.4) is 0 Å². The van der Waals surface area contributed by atoms with Crippen LogP contribution in [0, 0.1) is 5.92 Å². The number of carbonyl (C=O) groups is 2. The molecule has 6 nitrogen and oxygen atoms in total. The van der Waals surface area contributed by atoms with Crippen LogP contribution in [0.15, 0.2) is 24.3 Å². The van der Waals surface area contributed by atoms with Crippen LogP contribution >= 0.6 is 0 Å². The molecule has 2 aliphatic rings. The Balaban J connectivity index is 1.56. The van der Waals surface area contributed by atoms with Crippen LogP contribution in [0.2, 0.25) is 0 Å². The summed E-state index contributed by atoms with van der Waals surface area (Å²) in [5, 5.41) is 3.13. The molecule has 0 bridgehead atoms. The van der Waals surface area contributed by atoms with Gasteiger partial charge in [0, 0.05) is 25.0 Å². The second-order valence-corrected chi connectivity index (χ2v) is 6.45. The lowest BCUT2D eigenvalue weighted by Gasteiger charge is -2.30. The van der Waals surface area contributed by atoms with Gasteiger partial charge in [-0.05, 0) is 30.9 Å². The number of ether oxygens (including phenoxy) is 2. The first-order chi connectivity index (χ1) is 11.6. The van der Waals surface area contributed by atoms with Crippen LogP contribution < -0.4 is 10.1 Å². The maximum Gasteiger partial charge on any atom is 0.409 e. The van der Waals surface area contributed by atoms with Gasteiger partial charge in [0.25, 0.3) is 0 Å². The van der Waals surface area contributed by atoms with Crippen molar-refractivity contribution in [3.8, 4) is 5.75 Å². The fourth-order valence-electron chi connectivity index (χ4n) is 3.46. The molecule has 3 atom stereocenters. The molecule has 130 valence electrons. The second-order valence-electron chi connectivity index (χ2n) is 6.45. The highest BCUT2D eigenvalue weighted by atomic mass is 16.5. The van der Waals surface area contributed by atoms with Crippen molar-refractivity contribution >= 4 is 12.0 Å². The van der Waals surface area contributed by atoms with Crippen molar-refractivity contribution in [3.63, 3.8) is 0 Å². The first kappa shape index (κ1) is 16.6. The number of benzene rings is 1. The summed E-state index contributed by atoms with van der Waals surface area (Å²) in [6, 6.07) is 8.09. The molecule has 1 saturated carbocycles. The Morgan fingerprint density at radius 3 is 2.79 bits per heavy atom. The van der Waals surface area contributed by atoms with Gasteiger partial charge in [0.05, 0.1) is 20.1 Å². The summed E-state index contributed by atoms with van der Waals surface area (Å²) in [6.07, 6.45) is 2.21. The summed E-state index contributed by atoms with van der Waals surface area (Å²) in [5.74, 6) is 1.06. The number of nitrogens with zero attached hydrogens (tertiary/aromatic N) is 1. The average molecular weight is 332 g/mol. The third-order valence-electron chi connectivity index (χ3n) is 4.88. The van der Waals surface area contributed by atoms with Crippen LogP contribution in [-0.4, -0.2) is 50.3 Å². The first-order valence-corrected chi connectivity index (χ1v) is 8.40. The highest BCUT2D eigenvalue weighted by Crippen LogP contribution is 2.44. The predicted octanol–water partition coefficient (Wildman–Crippen LogP) is 2.15. The van der Waals surface area contributed by atoms with Gasteiger partial charge in [-0.3, -0.25) is 4.79 Å². The van der Waals surface area contributed by atoms with E-state index in [2.05, 4.69) is 11.4 Å². The minimum atomic E-state index is -0.356. The Bertz CT molecular complexity index is 619. The van der Waals surface area contributed by atoms with Gasteiger partial charge in [0.1, 0.15) is 5.75 Å². The summed E-state index contributed by atoms with van der Waals surface area (Å²) < 4.78 is 10.2. The molecule has 1 aliphatic heterocycles. The minimum absolute atomic E-state index is 0.0333. The summed E-state index contributed by atoms with van der Waals surface area (Å²) in [6.45, 7) is 1.09. The Morgan fingerprint density at radius 2 is 2.04 bits per heavy atom. The molecule has 1 heterocycles. The number of methoxy groups -OCH3 is 2. The van der Waals surface area contributed by atoms with Gasteiger partial charge in [-0.15, -0.1) is 0 Å². The molecule has 1 N–H and O–H groups in total. The third kappa shape index (κ3) is 3.47. The molecule has 0 unspecified atom stereocenters. The third-order valence-corrected chi connectivity index (χ3v) is 4.88. The highest BCUT2D eigenvalue weighted by molar-refractivity contribution is 5.80. The summed E-state index contributed by atoms with van der Waals surface area (Å²) in [5.41, 5.74) is 1.14. The topological polar surface area (TPSA) is 67.9 Å². The zero-order valence-electron chi connectivity index (χ0n) is 14.2. The number of hydrogen-bond donors (Lipinski definition) is 1. The molecular formula is C18H24N2O4. The molecular weight excluding hydrogens is 308 g/mol. The number of carbonyl (C=O) groups excluding carboxylic acids is 2. The fourth-order valence-corrected chi connectivity index (χ4v) is 3.46. The first-order valence-electron chi connectivity index (χ1n) is 8.40. The lowest BCUT2D eigenvalue weighted by Crippen LogP contribution is -2.46. The molecule has 0 aromatic heterocycles. The number of rotatable bonds is 4. The molecule has 1 aromatic carbocycles. The van der Waals surface area contributed by atoms with Gasteiger partial charge < -0.3 is 19.7 Å². The van der Waals surface area contributed by atoms with Gasteiger partial charge in [0.15, 0.2) is 0 Å². The van der Waals surface area contributed by atoms with E-state index in [1.54, 1.807) is 12.0 Å².